The Hall–Kier alpha value is -4.77. The zero-order valence-corrected chi connectivity index (χ0v) is 27.7. The number of carbonyl (C=O) groups is 1. The van der Waals surface area contributed by atoms with Gasteiger partial charge in [-0.2, -0.15) is 4.98 Å². The third-order valence-electron chi connectivity index (χ3n) is 8.22. The molecule has 11 heteroatoms. The number of benzene rings is 3. The van der Waals surface area contributed by atoms with Gasteiger partial charge in [-0.25, -0.2) is 23.1 Å². The Morgan fingerprint density at radius 2 is 1.65 bits per heavy atom. The minimum Gasteiger partial charge on any atom is -0.475 e. The molecule has 10 nitrogen and oxygen atoms in total. The predicted molar refractivity (Wildman–Crippen MR) is 178 cm³/mol. The second kappa shape index (κ2) is 11.9. The van der Waals surface area contributed by atoms with E-state index < -0.39 is 16.1 Å². The number of carbonyl (C=O) groups excluding carboxylic acids is 1. The number of nitrogens with one attached hydrogen (secondary N) is 1. The lowest BCUT2D eigenvalue weighted by molar-refractivity contribution is 0.0503. The minimum absolute atomic E-state index is 0.0730. The summed E-state index contributed by atoms with van der Waals surface area (Å²) in [5.74, 6) is 0.459. The number of para-hydroxylation sites is 2. The number of nitrogens with zero attached hydrogens (tertiary/aromatic N) is 5. The number of rotatable bonds is 4. The number of hydrogen-bond donors (Lipinski definition) is 1. The molecular weight excluding hydrogens is 600 g/mol. The molecule has 1 aliphatic heterocycles. The van der Waals surface area contributed by atoms with Gasteiger partial charge in [-0.05, 0) is 67.1 Å². The zero-order valence-electron chi connectivity index (χ0n) is 26.9. The van der Waals surface area contributed by atoms with Crippen LogP contribution in [0.4, 0.5) is 5.95 Å². The molecule has 1 aliphatic rings. The first kappa shape index (κ1) is 31.2. The third kappa shape index (κ3) is 6.32. The normalized spacial score (nSPS) is 16.6. The van der Waals surface area contributed by atoms with Crippen LogP contribution in [-0.4, -0.2) is 51.4 Å². The first-order valence-electron chi connectivity index (χ1n) is 15.2. The van der Waals surface area contributed by atoms with Gasteiger partial charge in [0.15, 0.2) is 0 Å². The largest absolute Gasteiger partial charge is 0.475 e. The lowest BCUT2D eigenvalue weighted by Gasteiger charge is -2.35. The lowest BCUT2D eigenvalue weighted by Crippen LogP contribution is -2.45. The summed E-state index contributed by atoms with van der Waals surface area (Å²) < 4.78 is 38.2. The van der Waals surface area contributed by atoms with Crippen LogP contribution in [0.15, 0.2) is 77.7 Å². The summed E-state index contributed by atoms with van der Waals surface area (Å²) in [7, 11) is -2.23. The van der Waals surface area contributed by atoms with E-state index >= 15 is 0 Å². The topological polar surface area (TPSA) is 119 Å². The Bertz CT molecular complexity index is 2050. The average Bonchev–Trinajstić information content (AvgIpc) is 3.31. The number of amides is 1. The smallest absolute Gasteiger partial charge is 0.264 e. The number of anilines is 1. The maximum atomic E-state index is 14.4. The van der Waals surface area contributed by atoms with E-state index in [1.807, 2.05) is 67.9 Å². The molecular formula is C35H38N6O4S. The number of imidazole rings is 1. The summed E-state index contributed by atoms with van der Waals surface area (Å²) in [6.07, 6.45) is 0.598. The molecule has 0 radical (unpaired) electrons. The van der Waals surface area contributed by atoms with E-state index in [1.165, 1.54) is 12.1 Å². The highest BCUT2D eigenvalue weighted by Gasteiger charge is 2.32. The highest BCUT2D eigenvalue weighted by Crippen LogP contribution is 2.32. The van der Waals surface area contributed by atoms with E-state index in [0.717, 1.165) is 27.7 Å². The molecule has 238 valence electrons. The maximum absolute atomic E-state index is 14.4. The highest BCUT2D eigenvalue weighted by molar-refractivity contribution is 7.92. The zero-order chi connectivity index (χ0) is 32.8. The molecule has 1 atom stereocenters. The van der Waals surface area contributed by atoms with Gasteiger partial charge in [0, 0.05) is 24.2 Å². The molecule has 0 saturated heterocycles. The molecule has 0 unspecified atom stereocenters. The first-order valence-corrected chi connectivity index (χ1v) is 16.7. The van der Waals surface area contributed by atoms with E-state index in [0.29, 0.717) is 17.9 Å². The maximum Gasteiger partial charge on any atom is 0.264 e. The van der Waals surface area contributed by atoms with Gasteiger partial charge in [0.05, 0.1) is 34.2 Å². The van der Waals surface area contributed by atoms with Gasteiger partial charge in [0.2, 0.25) is 11.8 Å². The molecule has 4 bridgehead atoms. The molecule has 1 N–H and O–H groups in total. The molecule has 6 rings (SSSR count). The molecule has 46 heavy (non-hydrogen) atoms. The average molecular weight is 639 g/mol. The van der Waals surface area contributed by atoms with E-state index in [4.69, 9.17) is 9.72 Å². The Morgan fingerprint density at radius 3 is 2.37 bits per heavy atom. The van der Waals surface area contributed by atoms with Crippen molar-refractivity contribution in [3.63, 3.8) is 0 Å². The fourth-order valence-electron chi connectivity index (χ4n) is 6.04. The molecule has 0 spiro atoms. The number of hydrogen-bond acceptors (Lipinski definition) is 7. The van der Waals surface area contributed by atoms with Gasteiger partial charge in [0.1, 0.15) is 12.4 Å². The van der Waals surface area contributed by atoms with Crippen molar-refractivity contribution in [2.24, 2.45) is 12.5 Å². The van der Waals surface area contributed by atoms with Crippen molar-refractivity contribution in [1.29, 1.82) is 0 Å². The van der Waals surface area contributed by atoms with Crippen LogP contribution < -0.4 is 9.46 Å². The van der Waals surface area contributed by atoms with Crippen LogP contribution in [0.3, 0.4) is 0 Å². The minimum atomic E-state index is -4.16. The second-order valence-corrected chi connectivity index (χ2v) is 14.7. The molecule has 0 saturated carbocycles. The van der Waals surface area contributed by atoms with Gasteiger partial charge in [0.25, 0.3) is 15.9 Å². The number of ether oxygens (including phenoxy) is 1. The molecule has 1 amide bonds. The number of aryl methyl sites for hydroxylation is 3. The molecule has 5 aromatic rings. The van der Waals surface area contributed by atoms with Crippen molar-refractivity contribution in [2.75, 3.05) is 11.3 Å². The van der Waals surface area contributed by atoms with Gasteiger partial charge < -0.3 is 14.2 Å². The third-order valence-corrected chi connectivity index (χ3v) is 9.55. The van der Waals surface area contributed by atoms with Crippen LogP contribution in [0.2, 0.25) is 0 Å². The van der Waals surface area contributed by atoms with Crippen molar-refractivity contribution < 1.29 is 17.9 Å². The Balaban J connectivity index is 1.52. The van der Waals surface area contributed by atoms with Gasteiger partial charge in [-0.1, -0.05) is 57.2 Å². The predicted octanol–water partition coefficient (Wildman–Crippen LogP) is 6.29. The molecule has 0 aliphatic carbocycles. The highest BCUT2D eigenvalue weighted by atomic mass is 32.2. The van der Waals surface area contributed by atoms with E-state index in [9.17, 15) is 13.2 Å². The van der Waals surface area contributed by atoms with Crippen LogP contribution in [-0.2, 0) is 23.6 Å². The SMILES string of the molecule is Cc1cccc(C)c1-c1cc2nc(n1)NS(=O)(=O)c1cccc(c1)C(=O)N(Cc1nc3ccccc3n1C)[C@H](CC(C)(C)C)CO2. The van der Waals surface area contributed by atoms with Crippen molar-refractivity contribution in [3.8, 4) is 17.1 Å². The van der Waals surface area contributed by atoms with Crippen molar-refractivity contribution in [3.05, 3.63) is 95.3 Å². The van der Waals surface area contributed by atoms with Crippen molar-refractivity contribution in [1.82, 2.24) is 24.4 Å². The van der Waals surface area contributed by atoms with Gasteiger partial charge >= 0.3 is 0 Å². The van der Waals surface area contributed by atoms with Crippen molar-refractivity contribution in [2.45, 2.75) is 58.5 Å². The summed E-state index contributed by atoms with van der Waals surface area (Å²) in [4.78, 5) is 30.1. The van der Waals surface area contributed by atoms with E-state index in [-0.39, 0.29) is 46.8 Å². The summed E-state index contributed by atoms with van der Waals surface area (Å²) in [5, 5.41) is 0. The van der Waals surface area contributed by atoms with Crippen LogP contribution in [0, 0.1) is 19.3 Å². The van der Waals surface area contributed by atoms with Gasteiger partial charge in [-0.3, -0.25) is 4.79 Å². The number of fused-ring (bicyclic) bond motifs is 5. The number of aromatic nitrogens is 4. The fraction of sp³-hybridized carbons (Fsp3) is 0.314. The second-order valence-electron chi connectivity index (χ2n) is 13.1. The summed E-state index contributed by atoms with van der Waals surface area (Å²) in [6.45, 7) is 10.6. The Kier molecular flexibility index (Phi) is 8.05. The molecule has 3 heterocycles. The summed E-state index contributed by atoms with van der Waals surface area (Å²) in [5.41, 5.74) is 5.19. The standard InChI is InChI=1S/C35H38N6O4S/c1-22-11-9-12-23(2)32(22)28-18-31-38-34(37-28)39-46(43,44)26-14-10-13-24(17-26)33(42)41(25(21-45-31)19-35(3,4)5)20-30-36-27-15-7-8-16-29(27)40(30)6/h7-18,25H,19-21H2,1-6H3,(H,37,38,39)/t25-/m1/s1. The van der Waals surface area contributed by atoms with E-state index in [2.05, 4.69) is 35.5 Å². The summed E-state index contributed by atoms with van der Waals surface area (Å²) >= 11 is 0. The first-order chi connectivity index (χ1) is 21.8. The van der Waals surface area contributed by atoms with Gasteiger partial charge in [-0.15, -0.1) is 0 Å². The summed E-state index contributed by atoms with van der Waals surface area (Å²) in [6, 6.07) is 21.1. The molecule has 3 aromatic carbocycles. The quantitative estimate of drug-likeness (QED) is 0.246. The number of sulfonamides is 1. The Labute approximate surface area is 269 Å². The fourth-order valence-corrected chi connectivity index (χ4v) is 7.03. The molecule has 0 fully saturated rings. The molecule has 2 aromatic heterocycles. The lowest BCUT2D eigenvalue weighted by atomic mass is 9.87. The van der Waals surface area contributed by atoms with Crippen molar-refractivity contribution >= 4 is 32.9 Å². The monoisotopic (exact) mass is 638 g/mol. The Morgan fingerprint density at radius 1 is 0.935 bits per heavy atom. The van der Waals surface area contributed by atoms with Crippen LogP contribution in [0.5, 0.6) is 5.88 Å². The van der Waals surface area contributed by atoms with Crippen LogP contribution >= 0.6 is 0 Å². The van der Waals surface area contributed by atoms with E-state index in [1.54, 1.807) is 23.1 Å². The van der Waals surface area contributed by atoms with Crippen LogP contribution in [0.25, 0.3) is 22.3 Å². The van der Waals surface area contributed by atoms with Crippen LogP contribution in [0.1, 0.15) is 54.5 Å².